The maximum atomic E-state index is 4.53. The lowest BCUT2D eigenvalue weighted by molar-refractivity contribution is 0.647. The maximum absolute atomic E-state index is 4.53. The van der Waals surface area contributed by atoms with Crippen LogP contribution in [-0.4, -0.2) is 9.97 Å². The second kappa shape index (κ2) is 6.49. The van der Waals surface area contributed by atoms with Crippen LogP contribution in [0.2, 0.25) is 0 Å². The molecule has 0 saturated carbocycles. The summed E-state index contributed by atoms with van der Waals surface area (Å²) >= 11 is 0. The number of fused-ring (bicyclic) bond motifs is 1. The van der Waals surface area contributed by atoms with Gasteiger partial charge in [0, 0.05) is 10.9 Å². The Kier molecular flexibility index (Phi) is 4.42. The highest BCUT2D eigenvalue weighted by molar-refractivity contribution is 5.92. The predicted octanol–water partition coefficient (Wildman–Crippen LogP) is 5.62. The molecule has 3 aromatic rings. The van der Waals surface area contributed by atoms with Gasteiger partial charge in [-0.25, -0.2) is 9.97 Å². The van der Waals surface area contributed by atoms with E-state index in [-0.39, 0.29) is 0 Å². The Bertz CT molecular complexity index is 802. The number of nitrogens with zero attached hydrogens (tertiary/aromatic N) is 2. The first kappa shape index (κ1) is 15.7. The van der Waals surface area contributed by atoms with Crippen LogP contribution < -0.4 is 0 Å². The van der Waals surface area contributed by atoms with Crippen molar-refractivity contribution in [2.75, 3.05) is 0 Å². The van der Waals surface area contributed by atoms with Gasteiger partial charge >= 0.3 is 0 Å². The molecule has 0 amide bonds. The molecule has 0 bridgehead atoms. The molecule has 1 aromatic heterocycles. The van der Waals surface area contributed by atoms with Crippen LogP contribution in [0, 0.1) is 5.92 Å². The average Bonchev–Trinajstić information content (AvgIpc) is 2.53. The fourth-order valence-electron chi connectivity index (χ4n) is 2.96. The molecule has 0 fully saturated rings. The zero-order chi connectivity index (χ0) is 16.4. The van der Waals surface area contributed by atoms with Crippen LogP contribution in [0.3, 0.4) is 0 Å². The summed E-state index contributed by atoms with van der Waals surface area (Å²) in [6.45, 7) is 8.91. The molecule has 1 heterocycles. The Labute approximate surface area is 138 Å². The lowest BCUT2D eigenvalue weighted by Gasteiger charge is -2.10. The SMILES string of the molecule is CC(C)Cc1ccc2c(-c3ccc(C(C)C)cc3)ncnc2c1. The van der Waals surface area contributed by atoms with Gasteiger partial charge < -0.3 is 0 Å². The third-order valence-corrected chi connectivity index (χ3v) is 4.20. The zero-order valence-electron chi connectivity index (χ0n) is 14.4. The summed E-state index contributed by atoms with van der Waals surface area (Å²) in [5.41, 5.74) is 5.89. The topological polar surface area (TPSA) is 25.8 Å². The fourth-order valence-corrected chi connectivity index (χ4v) is 2.96. The summed E-state index contributed by atoms with van der Waals surface area (Å²) in [4.78, 5) is 9.00. The quantitative estimate of drug-likeness (QED) is 0.625. The molecule has 2 aromatic carbocycles. The van der Waals surface area contributed by atoms with Crippen molar-refractivity contribution in [3.63, 3.8) is 0 Å². The molecule has 118 valence electrons. The largest absolute Gasteiger partial charge is 0.236 e. The van der Waals surface area contributed by atoms with E-state index in [4.69, 9.17) is 0 Å². The van der Waals surface area contributed by atoms with Gasteiger partial charge in [-0.1, -0.05) is 64.1 Å². The van der Waals surface area contributed by atoms with E-state index in [0.717, 1.165) is 28.6 Å². The Morgan fingerprint density at radius 2 is 1.61 bits per heavy atom. The van der Waals surface area contributed by atoms with E-state index in [1.807, 2.05) is 0 Å². The van der Waals surface area contributed by atoms with Crippen LogP contribution in [0.1, 0.15) is 44.7 Å². The summed E-state index contributed by atoms with van der Waals surface area (Å²) in [5, 5.41) is 1.12. The van der Waals surface area contributed by atoms with Crippen molar-refractivity contribution in [2.45, 2.75) is 40.0 Å². The van der Waals surface area contributed by atoms with E-state index in [2.05, 4.69) is 80.1 Å². The number of hydrogen-bond acceptors (Lipinski definition) is 2. The average molecular weight is 304 g/mol. The first-order valence-electron chi connectivity index (χ1n) is 8.38. The first-order valence-corrected chi connectivity index (χ1v) is 8.38. The van der Waals surface area contributed by atoms with Crippen LogP contribution in [0.15, 0.2) is 48.8 Å². The minimum Gasteiger partial charge on any atom is -0.236 e. The smallest absolute Gasteiger partial charge is 0.116 e. The molecule has 3 rings (SSSR count). The summed E-state index contributed by atoms with van der Waals surface area (Å²) in [7, 11) is 0. The lowest BCUT2D eigenvalue weighted by Crippen LogP contribution is -1.96. The van der Waals surface area contributed by atoms with Crippen LogP contribution >= 0.6 is 0 Å². The summed E-state index contributed by atoms with van der Waals surface area (Å²) in [6, 6.07) is 15.3. The third-order valence-electron chi connectivity index (χ3n) is 4.20. The molecule has 0 atom stereocenters. The van der Waals surface area contributed by atoms with Crippen LogP contribution in [0.25, 0.3) is 22.2 Å². The second-order valence-corrected chi connectivity index (χ2v) is 6.95. The number of rotatable bonds is 4. The van der Waals surface area contributed by atoms with Crippen molar-refractivity contribution >= 4 is 10.9 Å². The fraction of sp³-hybridized carbons (Fsp3) is 0.333. The number of aromatic nitrogens is 2. The van der Waals surface area contributed by atoms with Gasteiger partial charge in [0.05, 0.1) is 11.2 Å². The highest BCUT2D eigenvalue weighted by Gasteiger charge is 2.08. The molecule has 0 unspecified atom stereocenters. The third kappa shape index (κ3) is 3.42. The summed E-state index contributed by atoms with van der Waals surface area (Å²) < 4.78 is 0. The summed E-state index contributed by atoms with van der Waals surface area (Å²) in [6.07, 6.45) is 2.76. The highest BCUT2D eigenvalue weighted by Crippen LogP contribution is 2.27. The van der Waals surface area contributed by atoms with Crippen molar-refractivity contribution < 1.29 is 0 Å². The van der Waals surface area contributed by atoms with E-state index >= 15 is 0 Å². The maximum Gasteiger partial charge on any atom is 0.116 e. The molecule has 0 spiro atoms. The first-order chi connectivity index (χ1) is 11.0. The molecule has 23 heavy (non-hydrogen) atoms. The molecular formula is C21H24N2. The Morgan fingerprint density at radius 3 is 2.26 bits per heavy atom. The van der Waals surface area contributed by atoms with Crippen molar-refractivity contribution in [2.24, 2.45) is 5.92 Å². The second-order valence-electron chi connectivity index (χ2n) is 6.95. The van der Waals surface area contributed by atoms with E-state index in [1.165, 1.54) is 11.1 Å². The van der Waals surface area contributed by atoms with Gasteiger partial charge in [-0.15, -0.1) is 0 Å². The van der Waals surface area contributed by atoms with E-state index < -0.39 is 0 Å². The van der Waals surface area contributed by atoms with Gasteiger partial charge in [-0.3, -0.25) is 0 Å². The molecule has 0 aliphatic carbocycles. The minimum absolute atomic E-state index is 0.546. The minimum atomic E-state index is 0.546. The van der Waals surface area contributed by atoms with E-state index in [1.54, 1.807) is 6.33 Å². The zero-order valence-corrected chi connectivity index (χ0v) is 14.4. The van der Waals surface area contributed by atoms with Gasteiger partial charge in [0.2, 0.25) is 0 Å². The van der Waals surface area contributed by atoms with Crippen molar-refractivity contribution in [1.82, 2.24) is 9.97 Å². The van der Waals surface area contributed by atoms with Gasteiger partial charge in [0.1, 0.15) is 6.33 Å². The van der Waals surface area contributed by atoms with Crippen LogP contribution in [-0.2, 0) is 6.42 Å². The van der Waals surface area contributed by atoms with E-state index in [9.17, 15) is 0 Å². The van der Waals surface area contributed by atoms with Crippen molar-refractivity contribution in [3.8, 4) is 11.3 Å². The molecular weight excluding hydrogens is 280 g/mol. The normalized spacial score (nSPS) is 11.6. The van der Waals surface area contributed by atoms with Gasteiger partial charge in [-0.05, 0) is 35.4 Å². The number of hydrogen-bond donors (Lipinski definition) is 0. The van der Waals surface area contributed by atoms with Crippen molar-refractivity contribution in [3.05, 3.63) is 59.9 Å². The lowest BCUT2D eigenvalue weighted by atomic mass is 9.98. The summed E-state index contributed by atoms with van der Waals surface area (Å²) in [5.74, 6) is 1.20. The molecule has 0 radical (unpaired) electrons. The van der Waals surface area contributed by atoms with Crippen LogP contribution in [0.4, 0.5) is 0 Å². The molecule has 0 aliphatic rings. The Morgan fingerprint density at radius 1 is 0.870 bits per heavy atom. The Hall–Kier alpha value is -2.22. The Balaban J connectivity index is 2.04. The molecule has 0 N–H and O–H groups in total. The van der Waals surface area contributed by atoms with Gasteiger partial charge in [-0.2, -0.15) is 0 Å². The molecule has 0 aliphatic heterocycles. The van der Waals surface area contributed by atoms with Crippen molar-refractivity contribution in [1.29, 1.82) is 0 Å². The monoisotopic (exact) mass is 304 g/mol. The number of benzene rings is 2. The molecule has 0 saturated heterocycles. The van der Waals surface area contributed by atoms with Gasteiger partial charge in [0.25, 0.3) is 0 Å². The predicted molar refractivity (Wildman–Crippen MR) is 97.6 cm³/mol. The van der Waals surface area contributed by atoms with Crippen LogP contribution in [0.5, 0.6) is 0 Å². The standard InChI is InChI=1S/C21H24N2/c1-14(2)11-16-5-10-19-20(12-16)22-13-23-21(19)18-8-6-17(7-9-18)15(3)4/h5-10,12-15H,11H2,1-4H3. The molecule has 2 nitrogen and oxygen atoms in total. The highest BCUT2D eigenvalue weighted by atomic mass is 14.8. The van der Waals surface area contributed by atoms with E-state index in [0.29, 0.717) is 11.8 Å². The molecule has 2 heteroatoms. The van der Waals surface area contributed by atoms with Gasteiger partial charge in [0.15, 0.2) is 0 Å².